The van der Waals surface area contributed by atoms with Crippen LogP contribution in [0.15, 0.2) is 47.4 Å². The van der Waals surface area contributed by atoms with Crippen molar-refractivity contribution in [3.8, 4) is 0 Å². The molecule has 2 aromatic carbocycles. The molecule has 35 heavy (non-hydrogen) atoms. The number of halogens is 1. The number of carbonyl (C=O) groups excluding carboxylic acids is 1. The molecule has 1 aromatic heterocycles. The number of benzene rings is 2. The molecule has 5 rings (SSSR count). The highest BCUT2D eigenvalue weighted by Crippen LogP contribution is 2.34. The second-order valence-corrected chi connectivity index (χ2v) is 12.3. The topological polar surface area (TPSA) is 79.8 Å². The SMILES string of the molecule is CCc1ccc2nc(N(CC3CCCO3)C(=O)C3CCCN3S(=O)(=O)c3ccc(Cl)cc3)sc2c1. The van der Waals surface area contributed by atoms with Gasteiger partial charge in [-0.15, -0.1) is 0 Å². The summed E-state index contributed by atoms with van der Waals surface area (Å²) < 4.78 is 35.1. The standard InChI is InChI=1S/C25H28ClN3O4S2/c1-2-17-7-12-21-23(15-17)34-25(27-21)28(16-19-5-4-14-33-19)24(30)22-6-3-13-29(22)35(31,32)20-10-8-18(26)9-11-20/h7-12,15,19,22H,2-6,13-14,16H2,1H3. The van der Waals surface area contributed by atoms with Crippen LogP contribution in [0.4, 0.5) is 5.13 Å². The average Bonchev–Trinajstić information content (AvgIpc) is 3.62. The van der Waals surface area contributed by atoms with Crippen LogP contribution in [0.25, 0.3) is 10.2 Å². The van der Waals surface area contributed by atoms with Crippen LogP contribution in [0.2, 0.25) is 5.02 Å². The molecule has 3 aromatic rings. The highest BCUT2D eigenvalue weighted by molar-refractivity contribution is 7.89. The number of aryl methyl sites for hydroxylation is 1. The van der Waals surface area contributed by atoms with E-state index in [1.54, 1.807) is 17.0 Å². The van der Waals surface area contributed by atoms with Gasteiger partial charge in [-0.05, 0) is 74.1 Å². The molecule has 186 valence electrons. The summed E-state index contributed by atoms with van der Waals surface area (Å²) in [5.41, 5.74) is 2.05. The summed E-state index contributed by atoms with van der Waals surface area (Å²) in [6.07, 6.45) is 3.75. The molecular formula is C25H28ClN3O4S2. The number of hydrogen-bond acceptors (Lipinski definition) is 6. The van der Waals surface area contributed by atoms with Gasteiger partial charge in [0, 0.05) is 18.2 Å². The molecule has 0 aliphatic carbocycles. The number of ether oxygens (including phenoxy) is 1. The van der Waals surface area contributed by atoms with Crippen molar-refractivity contribution in [1.82, 2.24) is 9.29 Å². The zero-order chi connectivity index (χ0) is 24.6. The van der Waals surface area contributed by atoms with Crippen molar-refractivity contribution in [2.45, 2.75) is 56.1 Å². The molecule has 7 nitrogen and oxygen atoms in total. The predicted molar refractivity (Wildman–Crippen MR) is 139 cm³/mol. The molecule has 2 aliphatic rings. The lowest BCUT2D eigenvalue weighted by molar-refractivity contribution is -0.122. The van der Waals surface area contributed by atoms with Crippen LogP contribution < -0.4 is 4.90 Å². The van der Waals surface area contributed by atoms with Crippen LogP contribution >= 0.6 is 22.9 Å². The molecular weight excluding hydrogens is 506 g/mol. The molecule has 2 saturated heterocycles. The van der Waals surface area contributed by atoms with Crippen molar-refractivity contribution in [2.24, 2.45) is 0 Å². The maximum atomic E-state index is 14.0. The van der Waals surface area contributed by atoms with E-state index in [9.17, 15) is 13.2 Å². The van der Waals surface area contributed by atoms with Gasteiger partial charge < -0.3 is 4.74 Å². The van der Waals surface area contributed by atoms with E-state index in [0.717, 1.165) is 29.5 Å². The first-order valence-electron chi connectivity index (χ1n) is 12.0. The molecule has 3 heterocycles. The Labute approximate surface area is 214 Å². The van der Waals surface area contributed by atoms with Gasteiger partial charge in [-0.3, -0.25) is 9.69 Å². The van der Waals surface area contributed by atoms with Gasteiger partial charge in [-0.1, -0.05) is 35.9 Å². The van der Waals surface area contributed by atoms with Gasteiger partial charge in [0.2, 0.25) is 15.9 Å². The smallest absolute Gasteiger partial charge is 0.247 e. The van der Waals surface area contributed by atoms with Crippen molar-refractivity contribution in [3.05, 3.63) is 53.1 Å². The maximum absolute atomic E-state index is 14.0. The number of anilines is 1. The zero-order valence-corrected chi connectivity index (χ0v) is 21.9. The van der Waals surface area contributed by atoms with Crippen molar-refractivity contribution < 1.29 is 17.9 Å². The largest absolute Gasteiger partial charge is 0.376 e. The number of rotatable bonds is 7. The fourth-order valence-electron chi connectivity index (χ4n) is 4.74. The molecule has 2 aliphatic heterocycles. The van der Waals surface area contributed by atoms with Crippen molar-refractivity contribution in [1.29, 1.82) is 0 Å². The second-order valence-electron chi connectivity index (χ2n) is 8.96. The van der Waals surface area contributed by atoms with Crippen molar-refractivity contribution >= 4 is 54.2 Å². The van der Waals surface area contributed by atoms with Crippen LogP contribution in [0.1, 0.15) is 38.2 Å². The predicted octanol–water partition coefficient (Wildman–Crippen LogP) is 4.88. The third kappa shape index (κ3) is 4.97. The van der Waals surface area contributed by atoms with E-state index in [2.05, 4.69) is 19.1 Å². The highest BCUT2D eigenvalue weighted by atomic mass is 35.5. The van der Waals surface area contributed by atoms with Crippen LogP contribution in [-0.2, 0) is 26.0 Å². The molecule has 0 N–H and O–H groups in total. The maximum Gasteiger partial charge on any atom is 0.247 e. The average molecular weight is 534 g/mol. The molecule has 2 unspecified atom stereocenters. The highest BCUT2D eigenvalue weighted by Gasteiger charge is 2.42. The van der Waals surface area contributed by atoms with Crippen LogP contribution in [-0.4, -0.2) is 55.5 Å². The van der Waals surface area contributed by atoms with E-state index in [0.29, 0.717) is 42.7 Å². The summed E-state index contributed by atoms with van der Waals surface area (Å²) in [6.45, 7) is 3.44. The normalized spacial score (nSPS) is 21.1. The van der Waals surface area contributed by atoms with Crippen molar-refractivity contribution in [2.75, 3.05) is 24.6 Å². The fraction of sp³-hybridized carbons (Fsp3) is 0.440. The molecule has 10 heteroatoms. The number of amides is 1. The Hall–Kier alpha value is -2.04. The Morgan fingerprint density at radius 3 is 2.71 bits per heavy atom. The van der Waals surface area contributed by atoms with Crippen LogP contribution in [0.3, 0.4) is 0 Å². The number of fused-ring (bicyclic) bond motifs is 1. The van der Waals surface area contributed by atoms with Crippen LogP contribution in [0, 0.1) is 0 Å². The number of nitrogens with zero attached hydrogens (tertiary/aromatic N) is 3. The molecule has 2 fully saturated rings. The van der Waals surface area contributed by atoms with Gasteiger partial charge in [0.15, 0.2) is 5.13 Å². The Bertz CT molecular complexity index is 1320. The van der Waals surface area contributed by atoms with E-state index in [4.69, 9.17) is 21.3 Å². The summed E-state index contributed by atoms with van der Waals surface area (Å²) in [5.74, 6) is -0.245. The summed E-state index contributed by atoms with van der Waals surface area (Å²) in [4.78, 5) is 20.5. The Morgan fingerprint density at radius 2 is 2.00 bits per heavy atom. The van der Waals surface area contributed by atoms with Gasteiger partial charge in [0.05, 0.1) is 27.8 Å². The van der Waals surface area contributed by atoms with Gasteiger partial charge in [-0.25, -0.2) is 13.4 Å². The minimum Gasteiger partial charge on any atom is -0.376 e. The molecule has 1 amide bonds. The fourth-order valence-corrected chi connectivity index (χ4v) is 7.56. The Kier molecular flexibility index (Phi) is 7.14. The van der Waals surface area contributed by atoms with Gasteiger partial charge >= 0.3 is 0 Å². The number of aromatic nitrogens is 1. The number of hydrogen-bond donors (Lipinski definition) is 0. The van der Waals surface area contributed by atoms with E-state index in [-0.39, 0.29) is 16.9 Å². The van der Waals surface area contributed by atoms with Gasteiger partial charge in [0.1, 0.15) is 6.04 Å². The van der Waals surface area contributed by atoms with Crippen molar-refractivity contribution in [3.63, 3.8) is 0 Å². The Balaban J connectivity index is 1.48. The molecule has 2 atom stereocenters. The first kappa shape index (κ1) is 24.6. The van der Waals surface area contributed by atoms with E-state index >= 15 is 0 Å². The van der Waals surface area contributed by atoms with Crippen LogP contribution in [0.5, 0.6) is 0 Å². The Morgan fingerprint density at radius 1 is 1.20 bits per heavy atom. The molecule has 0 saturated carbocycles. The molecule has 0 radical (unpaired) electrons. The number of thiazole rings is 1. The quantitative estimate of drug-likeness (QED) is 0.432. The lowest BCUT2D eigenvalue weighted by Gasteiger charge is -2.29. The first-order chi connectivity index (χ1) is 16.9. The zero-order valence-electron chi connectivity index (χ0n) is 19.5. The third-order valence-corrected chi connectivity index (χ3v) is 9.88. The minimum atomic E-state index is -3.85. The lowest BCUT2D eigenvalue weighted by atomic mass is 10.1. The first-order valence-corrected chi connectivity index (χ1v) is 14.6. The lowest BCUT2D eigenvalue weighted by Crippen LogP contribution is -2.49. The van der Waals surface area contributed by atoms with Gasteiger partial charge in [0.25, 0.3) is 0 Å². The third-order valence-electron chi connectivity index (χ3n) is 6.67. The summed E-state index contributed by atoms with van der Waals surface area (Å²) >= 11 is 7.42. The van der Waals surface area contributed by atoms with E-state index < -0.39 is 16.1 Å². The molecule has 0 spiro atoms. The monoisotopic (exact) mass is 533 g/mol. The number of carbonyl (C=O) groups is 1. The number of sulfonamides is 1. The summed E-state index contributed by atoms with van der Waals surface area (Å²) in [5, 5.41) is 1.05. The van der Waals surface area contributed by atoms with E-state index in [1.165, 1.54) is 33.3 Å². The van der Waals surface area contributed by atoms with E-state index in [1.807, 2.05) is 6.07 Å². The summed E-state index contributed by atoms with van der Waals surface area (Å²) in [6, 6.07) is 11.4. The second kappa shape index (κ2) is 10.1. The van der Waals surface area contributed by atoms with Gasteiger partial charge in [-0.2, -0.15) is 4.31 Å². The minimum absolute atomic E-state index is 0.0834. The molecule has 0 bridgehead atoms. The summed E-state index contributed by atoms with van der Waals surface area (Å²) in [7, 11) is -3.85.